The number of hydrogen-bond acceptors (Lipinski definition) is 4. The fourth-order valence-electron chi connectivity index (χ4n) is 6.88. The largest absolute Gasteiger partial charge is 0.481 e. The van der Waals surface area contributed by atoms with E-state index >= 15 is 0 Å². The highest BCUT2D eigenvalue weighted by molar-refractivity contribution is 6.35. The quantitative estimate of drug-likeness (QED) is 0.262. The summed E-state index contributed by atoms with van der Waals surface area (Å²) in [5, 5.41) is 14.0. The molecule has 2 saturated heterocycles. The predicted molar refractivity (Wildman–Crippen MR) is 183 cm³/mol. The zero-order valence-electron chi connectivity index (χ0n) is 26.7. The van der Waals surface area contributed by atoms with Gasteiger partial charge in [-0.3, -0.25) is 19.3 Å². The van der Waals surface area contributed by atoms with Gasteiger partial charge >= 0.3 is 12.0 Å². The van der Waals surface area contributed by atoms with Gasteiger partial charge in [-0.15, -0.1) is 0 Å². The van der Waals surface area contributed by atoms with Crippen LogP contribution in [-0.2, 0) is 26.3 Å². The van der Waals surface area contributed by atoms with Gasteiger partial charge in [-0.25, -0.2) is 4.79 Å². The number of nitrogens with one attached hydrogen (secondary N) is 1. The maximum Gasteiger partial charge on any atom is 0.324 e. The fraction of sp³-hybridized carbons (Fsp3) is 0.389. The second kappa shape index (κ2) is 14.4. The van der Waals surface area contributed by atoms with Crippen molar-refractivity contribution in [1.29, 1.82) is 0 Å². The van der Waals surface area contributed by atoms with Crippen molar-refractivity contribution >= 4 is 52.7 Å². The lowest BCUT2D eigenvalue weighted by Gasteiger charge is -2.48. The number of carbonyl (C=O) groups is 4. The molecule has 1 atom stereocenters. The first-order chi connectivity index (χ1) is 22.4. The number of piperidine rings is 1. The second-order valence-corrected chi connectivity index (χ2v) is 13.8. The Hall–Kier alpha value is -4.08. The van der Waals surface area contributed by atoms with Crippen LogP contribution in [0.4, 0.5) is 10.5 Å². The third kappa shape index (κ3) is 8.08. The molecule has 2 N–H and O–H groups in total. The molecular formula is C36H40Cl2N4O5. The molecule has 4 amide bonds. The maximum absolute atomic E-state index is 14.1. The number of hydrogen-bond donors (Lipinski definition) is 2. The van der Waals surface area contributed by atoms with Crippen LogP contribution in [0.25, 0.3) is 0 Å². The van der Waals surface area contributed by atoms with Crippen LogP contribution in [0.15, 0.2) is 72.8 Å². The van der Waals surface area contributed by atoms with Crippen molar-refractivity contribution in [2.24, 2.45) is 5.41 Å². The summed E-state index contributed by atoms with van der Waals surface area (Å²) in [4.78, 5) is 57.3. The third-order valence-electron chi connectivity index (χ3n) is 9.43. The number of carboxylic acid groups (broad SMARTS) is 1. The zero-order valence-corrected chi connectivity index (χ0v) is 28.2. The number of anilines is 1. The van der Waals surface area contributed by atoms with Gasteiger partial charge < -0.3 is 20.2 Å². The first-order valence-corrected chi connectivity index (χ1v) is 16.5. The molecule has 2 aliphatic rings. The standard InChI is InChI=1S/C36H40Cl2N4O5/c1-25-8-12-30(13-9-25)42-24-35(20-33(45)46,23-41(34(42)47)21-27-10-11-29(37)18-31(27)38)19-32(44)40-16-14-36(15-17-40,22-39-26(2)43)28-6-4-3-5-7-28/h3-13,18H,14-17,19-24H2,1-2H3,(H,39,43)(H,45,46). The van der Waals surface area contributed by atoms with E-state index in [1.54, 1.807) is 32.9 Å². The van der Waals surface area contributed by atoms with Crippen LogP contribution in [0.3, 0.4) is 0 Å². The average Bonchev–Trinajstić information content (AvgIpc) is 3.03. The van der Waals surface area contributed by atoms with Gasteiger partial charge in [0.2, 0.25) is 11.8 Å². The number of carbonyl (C=O) groups excluding carboxylic acids is 3. The van der Waals surface area contributed by atoms with Crippen molar-refractivity contribution in [3.05, 3.63) is 99.5 Å². The molecule has 47 heavy (non-hydrogen) atoms. The van der Waals surface area contributed by atoms with Crippen molar-refractivity contribution in [1.82, 2.24) is 15.1 Å². The molecule has 2 heterocycles. The van der Waals surface area contributed by atoms with E-state index in [0.717, 1.165) is 11.1 Å². The van der Waals surface area contributed by atoms with Crippen molar-refractivity contribution in [2.75, 3.05) is 37.6 Å². The molecule has 248 valence electrons. The molecule has 0 spiro atoms. The fourth-order valence-corrected chi connectivity index (χ4v) is 7.35. The number of halogens is 2. The Labute approximate surface area is 285 Å². The van der Waals surface area contributed by atoms with E-state index in [1.165, 1.54) is 6.92 Å². The Kier molecular flexibility index (Phi) is 10.5. The van der Waals surface area contributed by atoms with Gasteiger partial charge in [-0.2, -0.15) is 0 Å². The van der Waals surface area contributed by atoms with E-state index in [0.29, 0.717) is 53.8 Å². The van der Waals surface area contributed by atoms with E-state index in [-0.39, 0.29) is 55.7 Å². The minimum absolute atomic E-state index is 0.0518. The van der Waals surface area contributed by atoms with Crippen LogP contribution in [0.5, 0.6) is 0 Å². The number of likely N-dealkylation sites (tertiary alicyclic amines) is 1. The highest BCUT2D eigenvalue weighted by Gasteiger charge is 2.47. The molecule has 11 heteroatoms. The first-order valence-electron chi connectivity index (χ1n) is 15.8. The smallest absolute Gasteiger partial charge is 0.324 e. The number of nitrogens with zero attached hydrogens (tertiary/aromatic N) is 3. The molecule has 0 bridgehead atoms. The maximum atomic E-state index is 14.1. The van der Waals surface area contributed by atoms with Gasteiger partial charge in [0.1, 0.15) is 0 Å². The normalized spacial score (nSPS) is 19.4. The van der Waals surface area contributed by atoms with Gasteiger partial charge in [-0.05, 0) is 55.2 Å². The van der Waals surface area contributed by atoms with E-state index in [9.17, 15) is 24.3 Å². The van der Waals surface area contributed by atoms with Crippen LogP contribution >= 0.6 is 23.2 Å². The number of carboxylic acids is 1. The molecule has 0 saturated carbocycles. The molecule has 0 radical (unpaired) electrons. The highest BCUT2D eigenvalue weighted by Crippen LogP contribution is 2.40. The molecule has 5 rings (SSSR count). The van der Waals surface area contributed by atoms with Gasteiger partial charge in [0.15, 0.2) is 0 Å². The molecule has 9 nitrogen and oxygen atoms in total. The number of benzene rings is 3. The summed E-state index contributed by atoms with van der Waals surface area (Å²) in [6.07, 6.45) is 0.932. The SMILES string of the molecule is CC(=O)NCC1(c2ccccc2)CCN(C(=O)CC2(CC(=O)O)CN(Cc3ccc(Cl)cc3Cl)C(=O)N(c3ccc(C)cc3)C2)CC1. The number of amides is 4. The Bertz CT molecular complexity index is 1630. The summed E-state index contributed by atoms with van der Waals surface area (Å²) in [5.74, 6) is -1.31. The molecule has 2 fully saturated rings. The number of rotatable bonds is 10. The second-order valence-electron chi connectivity index (χ2n) is 13.0. The lowest BCUT2D eigenvalue weighted by Crippen LogP contribution is -2.60. The summed E-state index contributed by atoms with van der Waals surface area (Å²) >= 11 is 12.6. The van der Waals surface area contributed by atoms with Crippen LogP contribution < -0.4 is 10.2 Å². The van der Waals surface area contributed by atoms with Crippen molar-refractivity contribution < 1.29 is 24.3 Å². The molecule has 0 aromatic heterocycles. The number of aryl methyl sites for hydroxylation is 1. The molecule has 1 unspecified atom stereocenters. The zero-order chi connectivity index (χ0) is 33.8. The molecule has 3 aromatic rings. The van der Waals surface area contributed by atoms with Gasteiger partial charge in [0.05, 0.1) is 6.42 Å². The molecule has 2 aliphatic heterocycles. The average molecular weight is 680 g/mol. The lowest BCUT2D eigenvalue weighted by molar-refractivity contribution is -0.142. The first kappa shape index (κ1) is 34.3. The van der Waals surface area contributed by atoms with Crippen LogP contribution in [0, 0.1) is 12.3 Å². The van der Waals surface area contributed by atoms with E-state index in [4.69, 9.17) is 23.2 Å². The van der Waals surface area contributed by atoms with Crippen molar-refractivity contribution in [3.63, 3.8) is 0 Å². The highest BCUT2D eigenvalue weighted by atomic mass is 35.5. The van der Waals surface area contributed by atoms with Crippen molar-refractivity contribution in [3.8, 4) is 0 Å². The summed E-state index contributed by atoms with van der Waals surface area (Å²) in [7, 11) is 0. The monoisotopic (exact) mass is 678 g/mol. The van der Waals surface area contributed by atoms with Crippen LogP contribution in [0.1, 0.15) is 49.3 Å². The minimum Gasteiger partial charge on any atom is -0.481 e. The molecule has 3 aromatic carbocycles. The lowest BCUT2D eigenvalue weighted by atomic mass is 9.72. The molecule has 0 aliphatic carbocycles. The summed E-state index contributed by atoms with van der Waals surface area (Å²) < 4.78 is 0. The topological polar surface area (TPSA) is 110 Å². The van der Waals surface area contributed by atoms with E-state index in [2.05, 4.69) is 17.4 Å². The van der Waals surface area contributed by atoms with Crippen molar-refractivity contribution in [2.45, 2.75) is 51.5 Å². The van der Waals surface area contributed by atoms with Gasteiger partial charge in [0.25, 0.3) is 0 Å². The predicted octanol–water partition coefficient (Wildman–Crippen LogP) is 6.29. The number of aliphatic carboxylic acids is 1. The van der Waals surface area contributed by atoms with E-state index in [1.807, 2.05) is 49.4 Å². The van der Waals surface area contributed by atoms with Crippen LogP contribution in [-0.4, -0.2) is 71.4 Å². The van der Waals surface area contributed by atoms with E-state index < -0.39 is 11.4 Å². The Morgan fingerprint density at radius 1 is 0.915 bits per heavy atom. The summed E-state index contributed by atoms with van der Waals surface area (Å²) in [6, 6.07) is 22.2. The Morgan fingerprint density at radius 3 is 2.21 bits per heavy atom. The summed E-state index contributed by atoms with van der Waals surface area (Å²) in [6.45, 7) is 5.09. The number of urea groups is 1. The van der Waals surface area contributed by atoms with Crippen LogP contribution in [0.2, 0.25) is 10.0 Å². The van der Waals surface area contributed by atoms with Gasteiger partial charge in [-0.1, -0.05) is 77.3 Å². The minimum atomic E-state index is -1.08. The Morgan fingerprint density at radius 2 is 1.60 bits per heavy atom. The van der Waals surface area contributed by atoms with Gasteiger partial charge in [0, 0.05) is 79.2 Å². The summed E-state index contributed by atoms with van der Waals surface area (Å²) in [5.41, 5.74) is 2.02. The Balaban J connectivity index is 1.42. The third-order valence-corrected chi connectivity index (χ3v) is 10.0. The molecular weight excluding hydrogens is 639 g/mol.